The van der Waals surface area contributed by atoms with Crippen LogP contribution in [-0.2, 0) is 21.2 Å². The second-order valence-corrected chi connectivity index (χ2v) is 13.1. The zero-order chi connectivity index (χ0) is 29.5. The number of amides is 3. The van der Waals surface area contributed by atoms with Gasteiger partial charge in [0.1, 0.15) is 11.4 Å². The van der Waals surface area contributed by atoms with Gasteiger partial charge in [-0.1, -0.05) is 25.7 Å². The number of benzene rings is 1. The molecule has 0 saturated carbocycles. The number of sulfonamides is 1. The topological polar surface area (TPSA) is 125 Å². The van der Waals surface area contributed by atoms with Gasteiger partial charge in [-0.3, -0.25) is 14.7 Å². The second-order valence-electron chi connectivity index (χ2n) is 11.0. The van der Waals surface area contributed by atoms with Crippen LogP contribution in [0, 0.1) is 13.8 Å². The Hall–Kier alpha value is -2.60. The van der Waals surface area contributed by atoms with Gasteiger partial charge in [0.05, 0.1) is 5.75 Å². The normalized spacial score (nSPS) is 17.4. The minimum atomic E-state index is -3.54. The number of hydrogen-bond acceptors (Lipinski definition) is 5. The first-order chi connectivity index (χ1) is 18.8. The van der Waals surface area contributed by atoms with Crippen LogP contribution in [0.3, 0.4) is 0 Å². The molecular weight excluding hydrogens is 540 g/mol. The maximum absolute atomic E-state index is 13.2. The number of carbonyl (C=O) groups excluding carboxylic acids is 2. The minimum absolute atomic E-state index is 0.0333. The van der Waals surface area contributed by atoms with Gasteiger partial charge in [0.2, 0.25) is 16.4 Å². The molecule has 3 rings (SSSR count). The highest BCUT2D eigenvalue weighted by Gasteiger charge is 2.47. The lowest BCUT2D eigenvalue weighted by Gasteiger charge is -2.34. The smallest absolute Gasteiger partial charge is 0.318 e. The van der Waals surface area contributed by atoms with Gasteiger partial charge in [-0.2, -0.15) is 0 Å². The van der Waals surface area contributed by atoms with Crippen molar-refractivity contribution in [2.24, 2.45) is 10.7 Å². The number of urea groups is 1. The largest absolute Gasteiger partial charge is 0.351 e. The molecule has 0 aromatic heterocycles. The maximum Gasteiger partial charge on any atom is 0.318 e. The Morgan fingerprint density at radius 2 is 1.65 bits per heavy atom. The molecule has 0 atom stereocenters. The summed E-state index contributed by atoms with van der Waals surface area (Å²) in [4.78, 5) is 30.4. The summed E-state index contributed by atoms with van der Waals surface area (Å²) in [7, 11) is -1.95. The van der Waals surface area contributed by atoms with E-state index < -0.39 is 28.0 Å². The molecule has 0 aliphatic carbocycles. The molecule has 12 heteroatoms. The first kappa shape index (κ1) is 31.9. The lowest BCUT2D eigenvalue weighted by molar-refractivity contribution is -0.124. The molecule has 1 aromatic carbocycles. The Morgan fingerprint density at radius 3 is 2.23 bits per heavy atom. The molecule has 2 aliphatic heterocycles. The molecule has 224 valence electrons. The summed E-state index contributed by atoms with van der Waals surface area (Å²) in [6.45, 7) is 4.27. The third kappa shape index (κ3) is 8.22. The monoisotopic (exact) mass is 583 g/mol. The van der Waals surface area contributed by atoms with Gasteiger partial charge >= 0.3 is 6.03 Å². The molecule has 1 fully saturated rings. The molecule has 9 nitrogen and oxygen atoms in total. The van der Waals surface area contributed by atoms with Crippen LogP contribution < -0.4 is 16.0 Å². The molecular formula is C28H43F2N5O4S. The van der Waals surface area contributed by atoms with E-state index in [1.54, 1.807) is 7.05 Å². The number of alkyl halides is 2. The maximum atomic E-state index is 13.2. The SMILES string of the molecule is Cc1cc(N(C)C(N)=O)cc(C)c1CCS(=O)(=O)N1CCC2(CC1)N=C(CCCCCCCCC(F)F)NC2=O. The molecule has 2 aliphatic rings. The van der Waals surface area contributed by atoms with Crippen molar-refractivity contribution < 1.29 is 26.8 Å². The average molecular weight is 584 g/mol. The van der Waals surface area contributed by atoms with E-state index in [1.807, 2.05) is 26.0 Å². The molecule has 0 unspecified atom stereocenters. The number of carbonyl (C=O) groups is 2. The van der Waals surface area contributed by atoms with Gasteiger partial charge in [-0.15, -0.1) is 0 Å². The van der Waals surface area contributed by atoms with E-state index in [0.717, 1.165) is 48.8 Å². The predicted octanol–water partition coefficient (Wildman–Crippen LogP) is 4.44. The number of aryl methyl sites for hydroxylation is 2. The zero-order valence-electron chi connectivity index (χ0n) is 23.8. The van der Waals surface area contributed by atoms with Crippen LogP contribution in [-0.4, -0.2) is 68.4 Å². The number of nitrogens with one attached hydrogen (secondary N) is 1. The van der Waals surface area contributed by atoms with E-state index in [4.69, 9.17) is 10.7 Å². The number of piperidine rings is 1. The van der Waals surface area contributed by atoms with E-state index >= 15 is 0 Å². The number of halogens is 2. The summed E-state index contributed by atoms with van der Waals surface area (Å²) < 4.78 is 52.2. The number of nitrogens with zero attached hydrogens (tertiary/aromatic N) is 3. The van der Waals surface area contributed by atoms with E-state index in [1.165, 1.54) is 9.21 Å². The Bertz CT molecular complexity index is 1170. The standard InChI is InChI=1S/C28H43F2N5O4S/c1-20-18-22(34(3)27(31)37)19-21(2)23(20)12-17-40(38,39)35-15-13-28(14-16-35)26(36)32-25(33-28)11-9-7-5-4-6-8-10-24(29)30/h18-19,24H,4-17H2,1-3H3,(H2,31,37)(H,32,33,36). The van der Waals surface area contributed by atoms with Crippen LogP contribution in [0.1, 0.15) is 80.9 Å². The molecule has 1 aromatic rings. The summed E-state index contributed by atoms with van der Waals surface area (Å²) in [5, 5.41) is 2.90. The van der Waals surface area contributed by atoms with E-state index in [2.05, 4.69) is 5.32 Å². The minimum Gasteiger partial charge on any atom is -0.351 e. The van der Waals surface area contributed by atoms with Crippen molar-refractivity contribution in [1.29, 1.82) is 0 Å². The highest BCUT2D eigenvalue weighted by atomic mass is 32.2. The molecule has 3 N–H and O–H groups in total. The van der Waals surface area contributed by atoms with Gasteiger partial charge in [0.25, 0.3) is 5.91 Å². The van der Waals surface area contributed by atoms with Crippen molar-refractivity contribution in [1.82, 2.24) is 9.62 Å². The molecule has 1 spiro atoms. The number of unbranched alkanes of at least 4 members (excludes halogenated alkanes) is 5. The first-order valence-electron chi connectivity index (χ1n) is 14.1. The van der Waals surface area contributed by atoms with Crippen molar-refractivity contribution in [2.45, 2.75) is 96.4 Å². The zero-order valence-corrected chi connectivity index (χ0v) is 24.7. The van der Waals surface area contributed by atoms with Gasteiger partial charge in [0.15, 0.2) is 0 Å². The van der Waals surface area contributed by atoms with Crippen molar-refractivity contribution in [2.75, 3.05) is 30.8 Å². The third-order valence-corrected chi connectivity index (χ3v) is 9.94. The van der Waals surface area contributed by atoms with Crippen molar-refractivity contribution in [3.63, 3.8) is 0 Å². The van der Waals surface area contributed by atoms with Crippen molar-refractivity contribution >= 4 is 33.5 Å². The van der Waals surface area contributed by atoms with Crippen LogP contribution in [0.15, 0.2) is 17.1 Å². The Balaban J connectivity index is 1.48. The number of rotatable bonds is 14. The number of primary amides is 1. The molecule has 2 heterocycles. The van der Waals surface area contributed by atoms with Crippen LogP contribution in [0.2, 0.25) is 0 Å². The molecule has 3 amide bonds. The number of anilines is 1. The molecule has 40 heavy (non-hydrogen) atoms. The average Bonchev–Trinajstić information content (AvgIpc) is 3.18. The van der Waals surface area contributed by atoms with Gasteiger partial charge < -0.3 is 11.1 Å². The van der Waals surface area contributed by atoms with E-state index in [0.29, 0.717) is 43.6 Å². The molecule has 0 radical (unpaired) electrons. The fourth-order valence-electron chi connectivity index (χ4n) is 5.52. The summed E-state index contributed by atoms with van der Waals surface area (Å²) in [5.41, 5.74) is 7.85. The number of hydrogen-bond donors (Lipinski definition) is 2. The fraction of sp³-hybridized carbons (Fsp3) is 0.679. The van der Waals surface area contributed by atoms with Crippen LogP contribution in [0.5, 0.6) is 0 Å². The highest BCUT2D eigenvalue weighted by molar-refractivity contribution is 7.89. The third-order valence-electron chi connectivity index (χ3n) is 8.07. The first-order valence-corrected chi connectivity index (χ1v) is 15.7. The van der Waals surface area contributed by atoms with Crippen molar-refractivity contribution in [3.8, 4) is 0 Å². The molecule has 1 saturated heterocycles. The fourth-order valence-corrected chi connectivity index (χ4v) is 6.98. The quantitative estimate of drug-likeness (QED) is 0.314. The highest BCUT2D eigenvalue weighted by Crippen LogP contribution is 2.32. The lowest BCUT2D eigenvalue weighted by atomic mass is 9.89. The van der Waals surface area contributed by atoms with Gasteiger partial charge in [-0.25, -0.2) is 26.3 Å². The van der Waals surface area contributed by atoms with Gasteiger partial charge in [-0.05, 0) is 74.8 Å². The number of nitrogens with two attached hydrogens (primary N) is 1. The van der Waals surface area contributed by atoms with Crippen molar-refractivity contribution in [3.05, 3.63) is 28.8 Å². The Labute approximate surface area is 236 Å². The van der Waals surface area contributed by atoms with Crippen LogP contribution >= 0.6 is 0 Å². The van der Waals surface area contributed by atoms with E-state index in [-0.39, 0.29) is 31.2 Å². The summed E-state index contributed by atoms with van der Waals surface area (Å²) in [6.07, 6.45) is 4.51. The van der Waals surface area contributed by atoms with E-state index in [9.17, 15) is 26.8 Å². The Morgan fingerprint density at radius 1 is 1.07 bits per heavy atom. The van der Waals surface area contributed by atoms with Crippen LogP contribution in [0.4, 0.5) is 19.3 Å². The van der Waals surface area contributed by atoms with Crippen LogP contribution in [0.25, 0.3) is 0 Å². The lowest BCUT2D eigenvalue weighted by Crippen LogP contribution is -2.50. The molecule has 0 bridgehead atoms. The Kier molecular flexibility index (Phi) is 11.0. The second kappa shape index (κ2) is 13.8. The summed E-state index contributed by atoms with van der Waals surface area (Å²) >= 11 is 0. The summed E-state index contributed by atoms with van der Waals surface area (Å²) in [5.74, 6) is 0.462. The number of amidine groups is 1. The van der Waals surface area contributed by atoms with Gasteiger partial charge in [0, 0.05) is 38.7 Å². The summed E-state index contributed by atoms with van der Waals surface area (Å²) in [6, 6.07) is 3.09. The number of aliphatic imine (C=N–C) groups is 1. The predicted molar refractivity (Wildman–Crippen MR) is 153 cm³/mol.